The van der Waals surface area contributed by atoms with Gasteiger partial charge < -0.3 is 5.11 Å². The summed E-state index contributed by atoms with van der Waals surface area (Å²) in [5, 5.41) is 15.2. The van der Waals surface area contributed by atoms with E-state index in [9.17, 15) is 5.11 Å². The lowest BCUT2D eigenvalue weighted by molar-refractivity contribution is 0.0940. The van der Waals surface area contributed by atoms with E-state index in [1.54, 1.807) is 0 Å². The molecular weight excluding hydrogens is 274 g/mol. The second kappa shape index (κ2) is 5.77. The highest BCUT2D eigenvalue weighted by molar-refractivity contribution is 6.30. The van der Waals surface area contributed by atoms with Crippen LogP contribution in [0.15, 0.2) is 43.5 Å². The van der Waals surface area contributed by atoms with E-state index in [0.29, 0.717) is 17.1 Å². The van der Waals surface area contributed by atoms with Crippen molar-refractivity contribution < 1.29 is 5.11 Å². The molecule has 0 saturated carbocycles. The van der Waals surface area contributed by atoms with Crippen molar-refractivity contribution in [2.45, 2.75) is 26.4 Å². The minimum absolute atomic E-state index is 0.378. The number of hydrogen-bond donors (Lipinski definition) is 1. The molecule has 0 aliphatic rings. The normalized spacial score (nSPS) is 13.2. The van der Waals surface area contributed by atoms with Gasteiger partial charge in [0.1, 0.15) is 18.8 Å². The standard InChI is InChI=1S/C15H18ClN3O/c1-11(19-10-17-9-18-19)14(20)15(2,3)8-12-4-6-13(16)7-5-12/h4-7,9-10,14,20H,1,8H2,2-3H3. The Morgan fingerprint density at radius 2 is 2.05 bits per heavy atom. The predicted octanol–water partition coefficient (Wildman–Crippen LogP) is 3.03. The molecule has 1 N–H and O–H groups in total. The molecule has 2 aromatic rings. The first-order chi connectivity index (χ1) is 9.40. The highest BCUT2D eigenvalue weighted by Crippen LogP contribution is 2.31. The molecule has 0 saturated heterocycles. The van der Waals surface area contributed by atoms with Crippen LogP contribution >= 0.6 is 11.6 Å². The maximum atomic E-state index is 10.5. The lowest BCUT2D eigenvalue weighted by Crippen LogP contribution is -2.34. The van der Waals surface area contributed by atoms with Crippen molar-refractivity contribution in [3.05, 3.63) is 54.1 Å². The van der Waals surface area contributed by atoms with Crippen molar-refractivity contribution in [1.82, 2.24) is 14.8 Å². The van der Waals surface area contributed by atoms with Crippen molar-refractivity contribution in [3.8, 4) is 0 Å². The first-order valence-electron chi connectivity index (χ1n) is 6.36. The van der Waals surface area contributed by atoms with Gasteiger partial charge in [-0.05, 0) is 24.1 Å². The number of benzene rings is 1. The summed E-state index contributed by atoms with van der Waals surface area (Å²) in [4.78, 5) is 3.87. The van der Waals surface area contributed by atoms with Crippen LogP contribution in [0.25, 0.3) is 5.70 Å². The average molecular weight is 292 g/mol. The van der Waals surface area contributed by atoms with Crippen molar-refractivity contribution in [3.63, 3.8) is 0 Å². The zero-order valence-corrected chi connectivity index (χ0v) is 12.4. The maximum absolute atomic E-state index is 10.5. The lowest BCUT2D eigenvalue weighted by atomic mass is 9.79. The molecule has 0 radical (unpaired) electrons. The van der Waals surface area contributed by atoms with E-state index in [0.717, 1.165) is 5.56 Å². The fraction of sp³-hybridized carbons (Fsp3) is 0.333. The van der Waals surface area contributed by atoms with Crippen LogP contribution in [0.1, 0.15) is 19.4 Å². The number of rotatable bonds is 5. The molecule has 20 heavy (non-hydrogen) atoms. The molecular formula is C15H18ClN3O. The van der Waals surface area contributed by atoms with Crippen molar-refractivity contribution in [2.24, 2.45) is 5.41 Å². The summed E-state index contributed by atoms with van der Waals surface area (Å²) in [6.07, 6.45) is 2.94. The minimum atomic E-state index is -0.722. The van der Waals surface area contributed by atoms with Crippen LogP contribution < -0.4 is 0 Å². The smallest absolute Gasteiger partial charge is 0.138 e. The third kappa shape index (κ3) is 3.26. The third-order valence-corrected chi connectivity index (χ3v) is 3.59. The van der Waals surface area contributed by atoms with Crippen molar-refractivity contribution in [2.75, 3.05) is 0 Å². The van der Waals surface area contributed by atoms with Crippen LogP contribution in [-0.2, 0) is 6.42 Å². The second-order valence-electron chi connectivity index (χ2n) is 5.53. The van der Waals surface area contributed by atoms with E-state index >= 15 is 0 Å². The summed E-state index contributed by atoms with van der Waals surface area (Å²) in [6.45, 7) is 7.90. The maximum Gasteiger partial charge on any atom is 0.138 e. The first-order valence-corrected chi connectivity index (χ1v) is 6.74. The van der Waals surface area contributed by atoms with Gasteiger partial charge in [-0.1, -0.05) is 44.2 Å². The molecule has 0 aliphatic carbocycles. The fourth-order valence-electron chi connectivity index (χ4n) is 2.16. The second-order valence-corrected chi connectivity index (χ2v) is 5.96. The average Bonchev–Trinajstić information content (AvgIpc) is 2.93. The van der Waals surface area contributed by atoms with Crippen molar-refractivity contribution in [1.29, 1.82) is 0 Å². The van der Waals surface area contributed by atoms with Crippen LogP contribution in [0.5, 0.6) is 0 Å². The highest BCUT2D eigenvalue weighted by atomic mass is 35.5. The number of aliphatic hydroxyl groups is 1. The van der Waals surface area contributed by atoms with Gasteiger partial charge in [-0.25, -0.2) is 9.67 Å². The molecule has 0 aliphatic heterocycles. The Bertz CT molecular complexity index is 576. The fourth-order valence-corrected chi connectivity index (χ4v) is 2.28. The Morgan fingerprint density at radius 1 is 1.40 bits per heavy atom. The third-order valence-electron chi connectivity index (χ3n) is 3.34. The van der Waals surface area contributed by atoms with Gasteiger partial charge in [-0.2, -0.15) is 5.10 Å². The van der Waals surface area contributed by atoms with E-state index in [-0.39, 0.29) is 5.41 Å². The predicted molar refractivity (Wildman–Crippen MR) is 80.3 cm³/mol. The summed E-state index contributed by atoms with van der Waals surface area (Å²) in [5.74, 6) is 0. The molecule has 0 amide bonds. The Balaban J connectivity index is 2.13. The number of hydrogen-bond acceptors (Lipinski definition) is 3. The van der Waals surface area contributed by atoms with Gasteiger partial charge in [0.15, 0.2) is 0 Å². The summed E-state index contributed by atoms with van der Waals surface area (Å²) in [5.41, 5.74) is 1.25. The van der Waals surface area contributed by atoms with Gasteiger partial charge in [0.05, 0.1) is 5.70 Å². The molecule has 1 aromatic carbocycles. The highest BCUT2D eigenvalue weighted by Gasteiger charge is 2.31. The van der Waals surface area contributed by atoms with Gasteiger partial charge in [0, 0.05) is 10.4 Å². The van der Waals surface area contributed by atoms with Gasteiger partial charge in [-0.15, -0.1) is 0 Å². The summed E-state index contributed by atoms with van der Waals surface area (Å²) in [7, 11) is 0. The minimum Gasteiger partial charge on any atom is -0.386 e. The molecule has 0 bridgehead atoms. The van der Waals surface area contributed by atoms with Crippen molar-refractivity contribution >= 4 is 17.3 Å². The van der Waals surface area contributed by atoms with Gasteiger partial charge >= 0.3 is 0 Å². The van der Waals surface area contributed by atoms with E-state index in [4.69, 9.17) is 11.6 Å². The summed E-state index contributed by atoms with van der Waals surface area (Å²) in [6, 6.07) is 7.64. The molecule has 0 spiro atoms. The molecule has 106 valence electrons. The molecule has 5 heteroatoms. The Kier molecular flexibility index (Phi) is 4.26. The summed E-state index contributed by atoms with van der Waals surface area (Å²) < 4.78 is 1.49. The van der Waals surface area contributed by atoms with Gasteiger partial charge in [0.25, 0.3) is 0 Å². The monoisotopic (exact) mass is 291 g/mol. The van der Waals surface area contributed by atoms with Crippen LogP contribution in [0.2, 0.25) is 5.02 Å². The van der Waals surface area contributed by atoms with Gasteiger partial charge in [0.2, 0.25) is 0 Å². The topological polar surface area (TPSA) is 50.9 Å². The number of nitrogens with zero attached hydrogens (tertiary/aromatic N) is 3. The quantitative estimate of drug-likeness (QED) is 0.921. The molecule has 1 heterocycles. The number of aliphatic hydroxyl groups excluding tert-OH is 1. The van der Waals surface area contributed by atoms with Gasteiger partial charge in [-0.3, -0.25) is 0 Å². The molecule has 1 atom stereocenters. The molecule has 1 aromatic heterocycles. The molecule has 0 fully saturated rings. The zero-order chi connectivity index (χ0) is 14.8. The lowest BCUT2D eigenvalue weighted by Gasteiger charge is -2.31. The van der Waals surface area contributed by atoms with E-state index in [1.165, 1.54) is 17.3 Å². The van der Waals surface area contributed by atoms with Crippen LogP contribution in [0.4, 0.5) is 0 Å². The number of aromatic nitrogens is 3. The van der Waals surface area contributed by atoms with E-state index in [1.807, 2.05) is 38.1 Å². The Hall–Kier alpha value is -1.65. The molecule has 2 rings (SSSR count). The van der Waals surface area contributed by atoms with Crippen LogP contribution in [0.3, 0.4) is 0 Å². The van der Waals surface area contributed by atoms with Crippen LogP contribution in [0, 0.1) is 5.41 Å². The zero-order valence-electron chi connectivity index (χ0n) is 11.6. The van der Waals surface area contributed by atoms with E-state index in [2.05, 4.69) is 16.7 Å². The molecule has 4 nitrogen and oxygen atoms in total. The SMILES string of the molecule is C=C(C(O)C(C)(C)Cc1ccc(Cl)cc1)n1cncn1. The summed E-state index contributed by atoms with van der Waals surface area (Å²) >= 11 is 5.88. The molecule has 1 unspecified atom stereocenters. The number of halogens is 1. The Morgan fingerprint density at radius 3 is 2.60 bits per heavy atom. The van der Waals surface area contributed by atoms with E-state index < -0.39 is 6.10 Å². The first kappa shape index (κ1) is 14.8. The van der Waals surface area contributed by atoms with Crippen LogP contribution in [-0.4, -0.2) is 26.0 Å². The largest absolute Gasteiger partial charge is 0.386 e. The Labute approximate surface area is 123 Å².